The van der Waals surface area contributed by atoms with Gasteiger partial charge in [-0.05, 0) is 54.4 Å². The van der Waals surface area contributed by atoms with Crippen molar-refractivity contribution in [3.63, 3.8) is 0 Å². The second-order valence-corrected chi connectivity index (χ2v) is 11.8. The molecule has 0 aromatic rings. The van der Waals surface area contributed by atoms with Crippen LogP contribution in [0.2, 0.25) is 0 Å². The zero-order chi connectivity index (χ0) is 28.7. The van der Waals surface area contributed by atoms with E-state index < -0.39 is 47.4 Å². The third-order valence-electron chi connectivity index (χ3n) is 6.10. The van der Waals surface area contributed by atoms with Gasteiger partial charge in [0.1, 0.15) is 23.3 Å². The number of unbranched alkanes of at least 4 members (excludes halogenated alkanes) is 3. The molecule has 4 atom stereocenters. The van der Waals surface area contributed by atoms with Gasteiger partial charge >= 0.3 is 24.1 Å². The highest BCUT2D eigenvalue weighted by atomic mass is 16.6. The first-order valence-corrected chi connectivity index (χ1v) is 13.3. The second kappa shape index (κ2) is 13.5. The Morgan fingerprint density at radius 3 is 1.29 bits per heavy atom. The van der Waals surface area contributed by atoms with E-state index in [0.29, 0.717) is 13.2 Å². The molecule has 0 unspecified atom stereocenters. The van der Waals surface area contributed by atoms with E-state index in [9.17, 15) is 29.4 Å². The van der Waals surface area contributed by atoms with Crippen LogP contribution in [-0.2, 0) is 28.5 Å². The number of hydrogen-bond acceptors (Lipinski definition) is 8. The summed E-state index contributed by atoms with van der Waals surface area (Å²) in [5.41, 5.74) is -1.42. The fourth-order valence-corrected chi connectivity index (χ4v) is 4.41. The number of nitrogens with zero attached hydrogens (tertiary/aromatic N) is 2. The summed E-state index contributed by atoms with van der Waals surface area (Å²) in [5.74, 6) is -2.15. The Kier molecular flexibility index (Phi) is 11.2. The molecular weight excluding hydrogens is 500 g/mol. The zero-order valence-electron chi connectivity index (χ0n) is 23.4. The lowest BCUT2D eigenvalue weighted by atomic mass is 10.2. The van der Waals surface area contributed by atoms with Crippen LogP contribution in [0.1, 0.15) is 80.1 Å². The molecule has 0 bridgehead atoms. The molecule has 0 aromatic heterocycles. The lowest BCUT2D eigenvalue weighted by Gasteiger charge is -2.26. The Hall–Kier alpha value is -2.60. The van der Waals surface area contributed by atoms with E-state index >= 15 is 0 Å². The minimum absolute atomic E-state index is 0.179. The number of carboxylic acids is 2. The van der Waals surface area contributed by atoms with E-state index in [4.69, 9.17) is 18.9 Å². The van der Waals surface area contributed by atoms with Gasteiger partial charge in [0.15, 0.2) is 0 Å². The van der Waals surface area contributed by atoms with Gasteiger partial charge in [0.2, 0.25) is 0 Å². The van der Waals surface area contributed by atoms with Crippen LogP contribution in [0.5, 0.6) is 0 Å². The van der Waals surface area contributed by atoms with Crippen molar-refractivity contribution in [2.24, 2.45) is 0 Å². The van der Waals surface area contributed by atoms with E-state index in [1.807, 2.05) is 0 Å². The summed E-state index contributed by atoms with van der Waals surface area (Å²) in [6.07, 6.45) is 1.73. The van der Waals surface area contributed by atoms with Crippen molar-refractivity contribution < 1.29 is 48.3 Å². The van der Waals surface area contributed by atoms with Crippen LogP contribution >= 0.6 is 0 Å². The molecule has 12 nitrogen and oxygen atoms in total. The topological polar surface area (TPSA) is 152 Å². The van der Waals surface area contributed by atoms with Crippen molar-refractivity contribution in [1.29, 1.82) is 0 Å². The number of rotatable bonds is 11. The van der Waals surface area contributed by atoms with Crippen LogP contribution in [0.25, 0.3) is 0 Å². The number of ether oxygens (including phenoxy) is 4. The summed E-state index contributed by atoms with van der Waals surface area (Å²) in [6, 6.07) is -1.93. The lowest BCUT2D eigenvalue weighted by Crippen LogP contribution is -2.43. The third-order valence-corrected chi connectivity index (χ3v) is 6.10. The Balaban J connectivity index is 1.64. The maximum absolute atomic E-state index is 12.4. The van der Waals surface area contributed by atoms with E-state index in [2.05, 4.69) is 0 Å². The second-order valence-electron chi connectivity index (χ2n) is 11.8. The summed E-state index contributed by atoms with van der Waals surface area (Å²) in [5, 5.41) is 19.0. The average Bonchev–Trinajstić information content (AvgIpc) is 3.38. The van der Waals surface area contributed by atoms with Crippen molar-refractivity contribution in [2.75, 3.05) is 26.3 Å². The van der Waals surface area contributed by atoms with E-state index in [0.717, 1.165) is 25.7 Å². The van der Waals surface area contributed by atoms with Crippen LogP contribution in [-0.4, -0.2) is 106 Å². The average molecular weight is 545 g/mol. The first kappa shape index (κ1) is 31.6. The minimum Gasteiger partial charge on any atom is -0.480 e. The summed E-state index contributed by atoms with van der Waals surface area (Å²) >= 11 is 0. The van der Waals surface area contributed by atoms with Crippen molar-refractivity contribution in [1.82, 2.24) is 9.80 Å². The molecule has 2 N–H and O–H groups in total. The van der Waals surface area contributed by atoms with Crippen molar-refractivity contribution in [2.45, 2.75) is 116 Å². The molecule has 218 valence electrons. The molecule has 0 aromatic carbocycles. The first-order valence-electron chi connectivity index (χ1n) is 13.3. The van der Waals surface area contributed by atoms with Crippen molar-refractivity contribution >= 4 is 24.1 Å². The zero-order valence-corrected chi connectivity index (χ0v) is 23.4. The van der Waals surface area contributed by atoms with Gasteiger partial charge in [-0.25, -0.2) is 19.2 Å². The summed E-state index contributed by atoms with van der Waals surface area (Å²) < 4.78 is 22.3. The largest absolute Gasteiger partial charge is 0.480 e. The van der Waals surface area contributed by atoms with Gasteiger partial charge < -0.3 is 29.2 Å². The predicted molar refractivity (Wildman–Crippen MR) is 136 cm³/mol. The summed E-state index contributed by atoms with van der Waals surface area (Å²) in [7, 11) is 0. The third kappa shape index (κ3) is 10.3. The van der Waals surface area contributed by atoms with Gasteiger partial charge in [-0.15, -0.1) is 0 Å². The fraction of sp³-hybridized carbons (Fsp3) is 0.846. The fourth-order valence-electron chi connectivity index (χ4n) is 4.41. The minimum atomic E-state index is -1.08. The van der Waals surface area contributed by atoms with E-state index in [1.54, 1.807) is 41.5 Å². The molecule has 2 rings (SSSR count). The molecule has 0 aliphatic carbocycles. The van der Waals surface area contributed by atoms with Gasteiger partial charge in [0.05, 0.1) is 25.3 Å². The van der Waals surface area contributed by atoms with Gasteiger partial charge in [-0.1, -0.05) is 12.8 Å². The Morgan fingerprint density at radius 1 is 0.658 bits per heavy atom. The lowest BCUT2D eigenvalue weighted by molar-refractivity contribution is -0.142. The predicted octanol–water partition coefficient (Wildman–Crippen LogP) is 3.51. The smallest absolute Gasteiger partial charge is 0.411 e. The van der Waals surface area contributed by atoms with Crippen LogP contribution in [0.15, 0.2) is 0 Å². The molecule has 0 spiro atoms. The Labute approximate surface area is 224 Å². The van der Waals surface area contributed by atoms with Crippen LogP contribution in [0, 0.1) is 0 Å². The number of hydrogen-bond donors (Lipinski definition) is 2. The normalized spacial score (nSPS) is 23.9. The van der Waals surface area contributed by atoms with Crippen LogP contribution < -0.4 is 0 Å². The number of amides is 2. The van der Waals surface area contributed by atoms with Crippen molar-refractivity contribution in [3.8, 4) is 0 Å². The van der Waals surface area contributed by atoms with Crippen molar-refractivity contribution in [3.05, 3.63) is 0 Å². The Morgan fingerprint density at radius 2 is 1.00 bits per heavy atom. The van der Waals surface area contributed by atoms with E-state index in [-0.39, 0.29) is 38.1 Å². The molecule has 38 heavy (non-hydrogen) atoms. The SMILES string of the molecule is CC(C)(C)OC(=O)N1C[C@H](OCCCCCCO[C@@H]2C[C@@H](C(=O)O)N(C(=O)OC(C)(C)C)C2)C[C@H]1C(=O)O. The van der Waals surface area contributed by atoms with Gasteiger partial charge in [0, 0.05) is 26.1 Å². The summed E-state index contributed by atoms with van der Waals surface area (Å²) in [6.45, 7) is 11.6. The molecular formula is C26H44N2O10. The molecule has 2 fully saturated rings. The first-order chi connectivity index (χ1) is 17.6. The number of carbonyl (C=O) groups excluding carboxylic acids is 2. The van der Waals surface area contributed by atoms with Gasteiger partial charge in [-0.2, -0.15) is 0 Å². The Bertz CT molecular complexity index is 767. The number of carbonyl (C=O) groups is 4. The van der Waals surface area contributed by atoms with E-state index in [1.165, 1.54) is 9.80 Å². The number of carboxylic acid groups (broad SMARTS) is 2. The molecule has 2 aliphatic rings. The highest BCUT2D eigenvalue weighted by Gasteiger charge is 2.43. The number of likely N-dealkylation sites (tertiary alicyclic amines) is 2. The maximum atomic E-state index is 12.4. The highest BCUT2D eigenvalue weighted by molar-refractivity contribution is 5.81. The molecule has 2 heterocycles. The molecule has 2 saturated heterocycles. The molecule has 2 amide bonds. The maximum Gasteiger partial charge on any atom is 0.411 e. The molecule has 2 aliphatic heterocycles. The molecule has 12 heteroatoms. The summed E-state index contributed by atoms with van der Waals surface area (Å²) in [4.78, 5) is 50.3. The van der Waals surface area contributed by atoms with Gasteiger partial charge in [0.25, 0.3) is 0 Å². The quantitative estimate of drug-likeness (QED) is 0.370. The standard InChI is InChI=1S/C26H44N2O10/c1-25(2,3)37-23(33)27-15-17(13-19(27)21(29)30)35-11-9-7-8-10-12-36-18-14-20(22(31)32)28(16-18)24(34)38-26(4,5)6/h17-20H,7-16H2,1-6H3,(H,29,30)(H,31,32)/t17-,18-,19+,20+/m1/s1. The molecule has 0 radical (unpaired) electrons. The van der Waals surface area contributed by atoms with Crippen LogP contribution in [0.3, 0.4) is 0 Å². The van der Waals surface area contributed by atoms with Gasteiger partial charge in [-0.3, -0.25) is 9.80 Å². The monoisotopic (exact) mass is 544 g/mol. The highest BCUT2D eigenvalue weighted by Crippen LogP contribution is 2.25. The molecule has 0 saturated carbocycles. The number of aliphatic carboxylic acids is 2. The van der Waals surface area contributed by atoms with Crippen LogP contribution in [0.4, 0.5) is 9.59 Å².